The monoisotopic (exact) mass is 484 g/mol. The maximum atomic E-state index is 12.7. The third-order valence-corrected chi connectivity index (χ3v) is 6.04. The minimum Gasteiger partial charge on any atom is -0.466 e. The Labute approximate surface area is 209 Å². The minimum absolute atomic E-state index is 0.149. The Morgan fingerprint density at radius 1 is 0.889 bits per heavy atom. The molecule has 1 amide bonds. The standard InChI is InChI=1S/C26H28N8O2/c35-25(29-22(18-32-13-12-27-20-32)21-6-2-1-3-7-21)19-36-26-10-9-24(30-31-26)34-16-14-33(15-17-34)23-8-4-5-11-28-23/h1-13,20,22H,14-19H2,(H,29,35). The summed E-state index contributed by atoms with van der Waals surface area (Å²) in [6.07, 6.45) is 7.13. The summed E-state index contributed by atoms with van der Waals surface area (Å²) < 4.78 is 7.55. The van der Waals surface area contributed by atoms with E-state index in [1.54, 1.807) is 18.6 Å². The average Bonchev–Trinajstić information content (AvgIpc) is 3.46. The van der Waals surface area contributed by atoms with Crippen LogP contribution in [0.15, 0.2) is 85.6 Å². The van der Waals surface area contributed by atoms with Gasteiger partial charge in [-0.15, -0.1) is 10.2 Å². The second-order valence-corrected chi connectivity index (χ2v) is 8.47. The zero-order chi connectivity index (χ0) is 24.6. The van der Waals surface area contributed by atoms with Gasteiger partial charge in [0.2, 0.25) is 5.88 Å². The number of anilines is 2. The van der Waals surface area contributed by atoms with Crippen LogP contribution in [0, 0.1) is 0 Å². The number of imidazole rings is 1. The Kier molecular flexibility index (Phi) is 7.31. The van der Waals surface area contributed by atoms with Gasteiger partial charge in [0.15, 0.2) is 12.4 Å². The number of piperazine rings is 1. The van der Waals surface area contributed by atoms with Gasteiger partial charge in [0, 0.05) is 57.4 Å². The molecule has 4 heterocycles. The predicted molar refractivity (Wildman–Crippen MR) is 136 cm³/mol. The first kappa shape index (κ1) is 23.3. The van der Waals surface area contributed by atoms with E-state index in [2.05, 4.69) is 35.3 Å². The summed E-state index contributed by atoms with van der Waals surface area (Å²) in [5, 5.41) is 11.5. The Morgan fingerprint density at radius 2 is 1.67 bits per heavy atom. The Hall–Kier alpha value is -4.47. The zero-order valence-electron chi connectivity index (χ0n) is 19.8. The molecule has 5 rings (SSSR count). The maximum Gasteiger partial charge on any atom is 0.258 e. The molecule has 1 aromatic carbocycles. The number of nitrogens with zero attached hydrogens (tertiary/aromatic N) is 7. The van der Waals surface area contributed by atoms with E-state index in [-0.39, 0.29) is 18.6 Å². The van der Waals surface area contributed by atoms with Gasteiger partial charge in [0.1, 0.15) is 5.82 Å². The van der Waals surface area contributed by atoms with Crippen molar-refractivity contribution in [2.24, 2.45) is 0 Å². The molecule has 0 saturated carbocycles. The number of hydrogen-bond donors (Lipinski definition) is 1. The molecule has 0 radical (unpaired) electrons. The van der Waals surface area contributed by atoms with Crippen LogP contribution in [0.4, 0.5) is 11.6 Å². The van der Waals surface area contributed by atoms with Crippen LogP contribution in [0.25, 0.3) is 0 Å². The van der Waals surface area contributed by atoms with E-state index in [4.69, 9.17) is 4.74 Å². The average molecular weight is 485 g/mol. The number of rotatable bonds is 9. The molecular formula is C26H28N8O2. The number of hydrogen-bond acceptors (Lipinski definition) is 8. The van der Waals surface area contributed by atoms with Crippen LogP contribution in [0.5, 0.6) is 5.88 Å². The molecule has 10 nitrogen and oxygen atoms in total. The number of carbonyl (C=O) groups is 1. The number of benzene rings is 1. The lowest BCUT2D eigenvalue weighted by Gasteiger charge is -2.35. The molecule has 1 N–H and O–H groups in total. The summed E-state index contributed by atoms with van der Waals surface area (Å²) in [5.41, 5.74) is 1.01. The predicted octanol–water partition coefficient (Wildman–Crippen LogP) is 2.33. The molecule has 0 bridgehead atoms. The van der Waals surface area contributed by atoms with Crippen molar-refractivity contribution in [2.45, 2.75) is 12.6 Å². The largest absolute Gasteiger partial charge is 0.466 e. The van der Waals surface area contributed by atoms with E-state index in [9.17, 15) is 4.79 Å². The lowest BCUT2D eigenvalue weighted by atomic mass is 10.1. The first-order chi connectivity index (χ1) is 17.7. The summed E-state index contributed by atoms with van der Waals surface area (Å²) in [7, 11) is 0. The van der Waals surface area contributed by atoms with E-state index >= 15 is 0 Å². The second kappa shape index (κ2) is 11.3. The van der Waals surface area contributed by atoms with Gasteiger partial charge in [-0.1, -0.05) is 36.4 Å². The fourth-order valence-corrected chi connectivity index (χ4v) is 4.16. The van der Waals surface area contributed by atoms with Crippen LogP contribution in [-0.4, -0.2) is 63.4 Å². The maximum absolute atomic E-state index is 12.7. The summed E-state index contributed by atoms with van der Waals surface area (Å²) in [6.45, 7) is 3.79. The number of aromatic nitrogens is 5. The first-order valence-corrected chi connectivity index (χ1v) is 11.9. The van der Waals surface area contributed by atoms with Crippen LogP contribution < -0.4 is 19.9 Å². The Bertz CT molecular complexity index is 1210. The molecule has 4 aromatic rings. The van der Waals surface area contributed by atoms with Crippen LogP contribution in [0.1, 0.15) is 11.6 Å². The van der Waals surface area contributed by atoms with Crippen LogP contribution in [-0.2, 0) is 11.3 Å². The number of carbonyl (C=O) groups excluding carboxylic acids is 1. The molecular weight excluding hydrogens is 456 g/mol. The van der Waals surface area contributed by atoms with Crippen molar-refractivity contribution in [2.75, 3.05) is 42.6 Å². The van der Waals surface area contributed by atoms with Crippen LogP contribution in [0.3, 0.4) is 0 Å². The van der Waals surface area contributed by atoms with Gasteiger partial charge in [-0.2, -0.15) is 0 Å². The van der Waals surface area contributed by atoms with Gasteiger partial charge in [-0.05, 0) is 23.8 Å². The highest BCUT2D eigenvalue weighted by atomic mass is 16.5. The third-order valence-electron chi connectivity index (χ3n) is 6.04. The van der Waals surface area contributed by atoms with Gasteiger partial charge in [0.05, 0.1) is 12.4 Å². The summed E-state index contributed by atoms with van der Waals surface area (Å²) in [6, 6.07) is 19.2. The first-order valence-electron chi connectivity index (χ1n) is 11.9. The molecule has 1 fully saturated rings. The van der Waals surface area contributed by atoms with Crippen molar-refractivity contribution in [1.82, 2.24) is 30.0 Å². The Morgan fingerprint density at radius 3 is 2.33 bits per heavy atom. The Balaban J connectivity index is 1.12. The molecule has 36 heavy (non-hydrogen) atoms. The van der Waals surface area contributed by atoms with E-state index in [1.165, 1.54) is 0 Å². The van der Waals surface area contributed by atoms with Gasteiger partial charge in [-0.3, -0.25) is 4.79 Å². The number of ether oxygens (including phenoxy) is 1. The van der Waals surface area contributed by atoms with E-state index in [1.807, 2.05) is 71.6 Å². The topological polar surface area (TPSA) is 101 Å². The highest BCUT2D eigenvalue weighted by Gasteiger charge is 2.20. The fourth-order valence-electron chi connectivity index (χ4n) is 4.16. The van der Waals surface area contributed by atoms with Gasteiger partial charge >= 0.3 is 0 Å². The molecule has 1 aliphatic heterocycles. The number of amides is 1. The molecule has 1 saturated heterocycles. The van der Waals surface area contributed by atoms with Crippen molar-refractivity contribution < 1.29 is 9.53 Å². The van der Waals surface area contributed by atoms with Gasteiger partial charge in [-0.25, -0.2) is 9.97 Å². The highest BCUT2D eigenvalue weighted by Crippen LogP contribution is 2.19. The van der Waals surface area contributed by atoms with E-state index in [0.717, 1.165) is 43.4 Å². The van der Waals surface area contributed by atoms with E-state index in [0.29, 0.717) is 12.4 Å². The lowest BCUT2D eigenvalue weighted by molar-refractivity contribution is -0.124. The molecule has 3 aromatic heterocycles. The third kappa shape index (κ3) is 5.96. The van der Waals surface area contributed by atoms with Gasteiger partial charge < -0.3 is 24.4 Å². The van der Waals surface area contributed by atoms with Crippen molar-refractivity contribution in [3.63, 3.8) is 0 Å². The van der Waals surface area contributed by atoms with Crippen LogP contribution in [0.2, 0.25) is 0 Å². The number of nitrogens with one attached hydrogen (secondary N) is 1. The lowest BCUT2D eigenvalue weighted by Crippen LogP contribution is -2.47. The quantitative estimate of drug-likeness (QED) is 0.386. The highest BCUT2D eigenvalue weighted by molar-refractivity contribution is 5.78. The van der Waals surface area contributed by atoms with Crippen molar-refractivity contribution in [1.29, 1.82) is 0 Å². The molecule has 1 aliphatic rings. The zero-order valence-corrected chi connectivity index (χ0v) is 19.8. The molecule has 1 unspecified atom stereocenters. The minimum atomic E-state index is -0.236. The smallest absolute Gasteiger partial charge is 0.258 e. The molecule has 0 spiro atoms. The fraction of sp³-hybridized carbons (Fsp3) is 0.269. The number of pyridine rings is 1. The molecule has 10 heteroatoms. The molecule has 1 atom stereocenters. The van der Waals surface area contributed by atoms with Crippen molar-refractivity contribution >= 4 is 17.5 Å². The molecule has 0 aliphatic carbocycles. The summed E-state index contributed by atoms with van der Waals surface area (Å²) in [4.78, 5) is 25.6. The van der Waals surface area contributed by atoms with Gasteiger partial charge in [0.25, 0.3) is 5.91 Å². The van der Waals surface area contributed by atoms with E-state index < -0.39 is 0 Å². The normalized spacial score (nSPS) is 14.3. The van der Waals surface area contributed by atoms with Crippen molar-refractivity contribution in [3.8, 4) is 5.88 Å². The van der Waals surface area contributed by atoms with Crippen molar-refractivity contribution in [3.05, 3.63) is 91.1 Å². The second-order valence-electron chi connectivity index (χ2n) is 8.47. The van der Waals surface area contributed by atoms with Crippen LogP contribution >= 0.6 is 0 Å². The molecule has 184 valence electrons. The SMILES string of the molecule is O=C(COc1ccc(N2CCN(c3ccccn3)CC2)nn1)NC(Cn1ccnc1)c1ccccc1. The summed E-state index contributed by atoms with van der Waals surface area (Å²) >= 11 is 0. The summed E-state index contributed by atoms with van der Waals surface area (Å²) in [5.74, 6) is 1.86.